The zero-order valence-electron chi connectivity index (χ0n) is 23.3. The second-order valence-electron chi connectivity index (χ2n) is 12.2. The number of aliphatic imine (C=N–C) groups is 1. The van der Waals surface area contributed by atoms with Gasteiger partial charge in [0.15, 0.2) is 0 Å². The lowest BCUT2D eigenvalue weighted by Crippen LogP contribution is -2.32. The molecule has 2 heterocycles. The quantitative estimate of drug-likeness (QED) is 0.328. The summed E-state index contributed by atoms with van der Waals surface area (Å²) in [5.41, 5.74) is 6.08. The molecule has 3 aromatic carbocycles. The first-order valence-electron chi connectivity index (χ1n) is 13.4. The van der Waals surface area contributed by atoms with E-state index in [1.54, 1.807) is 0 Å². The summed E-state index contributed by atoms with van der Waals surface area (Å²) in [5, 5.41) is 0. The molecule has 0 atom stereocenters. The Morgan fingerprint density at radius 3 is 1.29 bits per heavy atom. The van der Waals surface area contributed by atoms with Crippen molar-refractivity contribution < 1.29 is 4.74 Å². The first-order valence-corrected chi connectivity index (χ1v) is 13.4. The third kappa shape index (κ3) is 4.72. The predicted octanol–water partition coefficient (Wildman–Crippen LogP) is 9.18. The molecule has 0 aromatic heterocycles. The minimum atomic E-state index is -0.506. The third-order valence-electron chi connectivity index (χ3n) is 7.26. The molecule has 2 aliphatic heterocycles. The molecular formula is C36H37NO. The molecule has 0 amide bonds. The van der Waals surface area contributed by atoms with E-state index >= 15 is 0 Å². The fourth-order valence-corrected chi connectivity index (χ4v) is 5.18. The average molecular weight is 500 g/mol. The van der Waals surface area contributed by atoms with E-state index in [9.17, 15) is 0 Å². The van der Waals surface area contributed by atoms with E-state index in [-0.39, 0.29) is 10.8 Å². The molecule has 0 saturated carbocycles. The summed E-state index contributed by atoms with van der Waals surface area (Å²) in [4.78, 5) is 5.03. The second kappa shape index (κ2) is 9.76. The number of hydrogen-bond acceptors (Lipinski definition) is 2. The Morgan fingerprint density at radius 1 is 0.526 bits per heavy atom. The molecule has 2 nitrogen and oxygen atoms in total. The highest BCUT2D eigenvalue weighted by molar-refractivity contribution is 5.91. The number of hydrogen-bond donors (Lipinski definition) is 0. The number of ether oxygens (including phenoxy) is 1. The fourth-order valence-electron chi connectivity index (χ4n) is 5.18. The van der Waals surface area contributed by atoms with Crippen LogP contribution in [0.2, 0.25) is 0 Å². The van der Waals surface area contributed by atoms with Crippen LogP contribution < -0.4 is 0 Å². The Kier molecular flexibility index (Phi) is 6.61. The summed E-state index contributed by atoms with van der Waals surface area (Å²) in [6.07, 6.45) is 8.65. The van der Waals surface area contributed by atoms with E-state index in [0.717, 1.165) is 28.4 Å². The maximum absolute atomic E-state index is 6.42. The van der Waals surface area contributed by atoms with Gasteiger partial charge in [0.05, 0.1) is 11.1 Å². The van der Waals surface area contributed by atoms with Gasteiger partial charge in [-0.25, -0.2) is 0 Å². The van der Waals surface area contributed by atoms with Crippen LogP contribution in [-0.4, -0.2) is 6.21 Å². The van der Waals surface area contributed by atoms with E-state index in [1.165, 1.54) is 16.7 Å². The van der Waals surface area contributed by atoms with Crippen molar-refractivity contribution >= 4 is 6.21 Å². The number of nitrogens with zero attached hydrogens (tertiary/aromatic N) is 1. The summed E-state index contributed by atoms with van der Waals surface area (Å²) in [7, 11) is 0. The minimum absolute atomic E-state index is 0.118. The molecule has 0 fully saturated rings. The molecule has 192 valence electrons. The molecule has 0 N–H and O–H groups in total. The molecule has 38 heavy (non-hydrogen) atoms. The molecule has 0 aliphatic carbocycles. The normalized spacial score (nSPS) is 16.1. The zero-order chi connectivity index (χ0) is 27.0. The van der Waals surface area contributed by atoms with Gasteiger partial charge in [-0.05, 0) is 40.5 Å². The SMILES string of the molecule is CC(C)(C)C1=CC(=C2C=C(C(c3ccccc3)(c3ccccc3)c3ccccc3)C=N2)C=C(C(C)(C)C)O1. The highest BCUT2D eigenvalue weighted by Gasteiger charge is 2.41. The molecule has 0 unspecified atom stereocenters. The Morgan fingerprint density at radius 2 is 0.921 bits per heavy atom. The Balaban J connectivity index is 1.78. The van der Waals surface area contributed by atoms with Crippen molar-refractivity contribution in [2.45, 2.75) is 47.0 Å². The van der Waals surface area contributed by atoms with Crippen molar-refractivity contribution in [1.29, 1.82) is 0 Å². The highest BCUT2D eigenvalue weighted by Crippen LogP contribution is 2.47. The van der Waals surface area contributed by atoms with Crippen LogP contribution in [-0.2, 0) is 10.2 Å². The van der Waals surface area contributed by atoms with Crippen molar-refractivity contribution in [2.75, 3.05) is 0 Å². The van der Waals surface area contributed by atoms with Crippen molar-refractivity contribution in [3.8, 4) is 0 Å². The van der Waals surface area contributed by atoms with Crippen LogP contribution in [0.25, 0.3) is 0 Å². The zero-order valence-corrected chi connectivity index (χ0v) is 23.3. The lowest BCUT2D eigenvalue weighted by Gasteiger charge is -2.36. The van der Waals surface area contributed by atoms with Gasteiger partial charge in [-0.2, -0.15) is 0 Å². The smallest absolute Gasteiger partial charge is 0.110 e. The predicted molar refractivity (Wildman–Crippen MR) is 159 cm³/mol. The summed E-state index contributed by atoms with van der Waals surface area (Å²) >= 11 is 0. The molecule has 0 bridgehead atoms. The topological polar surface area (TPSA) is 21.6 Å². The first kappa shape index (κ1) is 25.7. The summed E-state index contributed by atoms with van der Waals surface area (Å²) in [6, 6.07) is 32.3. The monoisotopic (exact) mass is 499 g/mol. The number of benzene rings is 3. The summed E-state index contributed by atoms with van der Waals surface area (Å²) in [5.74, 6) is 1.93. The molecule has 2 aliphatic rings. The van der Waals surface area contributed by atoms with Crippen LogP contribution in [0.3, 0.4) is 0 Å². The van der Waals surface area contributed by atoms with Gasteiger partial charge >= 0.3 is 0 Å². The van der Waals surface area contributed by atoms with Gasteiger partial charge in [0.1, 0.15) is 11.5 Å². The van der Waals surface area contributed by atoms with E-state index in [2.05, 4.69) is 157 Å². The number of allylic oxidation sites excluding steroid dienone is 7. The molecule has 5 rings (SSSR count). The van der Waals surface area contributed by atoms with E-state index in [1.807, 2.05) is 0 Å². The van der Waals surface area contributed by atoms with Crippen LogP contribution >= 0.6 is 0 Å². The highest BCUT2D eigenvalue weighted by atomic mass is 16.5. The molecule has 0 radical (unpaired) electrons. The van der Waals surface area contributed by atoms with Gasteiger partial charge in [-0.1, -0.05) is 133 Å². The van der Waals surface area contributed by atoms with Crippen molar-refractivity contribution in [2.24, 2.45) is 15.8 Å². The lowest BCUT2D eigenvalue weighted by molar-refractivity contribution is 0.161. The molecule has 0 spiro atoms. The van der Waals surface area contributed by atoms with Crippen LogP contribution in [0, 0.1) is 10.8 Å². The van der Waals surface area contributed by atoms with Gasteiger partial charge < -0.3 is 4.74 Å². The van der Waals surface area contributed by atoms with Crippen LogP contribution in [0.4, 0.5) is 0 Å². The largest absolute Gasteiger partial charge is 0.465 e. The van der Waals surface area contributed by atoms with Crippen LogP contribution in [0.5, 0.6) is 0 Å². The standard InChI is InChI=1S/C36H37NO/c1-34(2,3)32-22-26(23-33(38-32)35(4,5)6)31-24-30(25-37-31)36(27-16-10-7-11-17-27,28-18-12-8-13-19-28)29-20-14-9-15-21-29/h7-25H,1-6H3. The summed E-state index contributed by atoms with van der Waals surface area (Å²) in [6.45, 7) is 13.1. The van der Waals surface area contributed by atoms with Gasteiger partial charge in [0.25, 0.3) is 0 Å². The second-order valence-corrected chi connectivity index (χ2v) is 12.2. The first-order chi connectivity index (χ1) is 18.1. The Bertz CT molecular complexity index is 1330. The molecule has 2 heteroatoms. The van der Waals surface area contributed by atoms with E-state index < -0.39 is 5.41 Å². The van der Waals surface area contributed by atoms with Gasteiger partial charge in [-0.3, -0.25) is 4.99 Å². The van der Waals surface area contributed by atoms with Gasteiger partial charge in [0, 0.05) is 22.6 Å². The molecular weight excluding hydrogens is 462 g/mol. The van der Waals surface area contributed by atoms with E-state index in [4.69, 9.17) is 9.73 Å². The van der Waals surface area contributed by atoms with Crippen LogP contribution in [0.15, 0.2) is 143 Å². The Hall–Kier alpha value is -3.91. The molecule has 0 saturated heterocycles. The number of rotatable bonds is 4. The maximum Gasteiger partial charge on any atom is 0.110 e. The van der Waals surface area contributed by atoms with Crippen molar-refractivity contribution in [3.63, 3.8) is 0 Å². The maximum atomic E-state index is 6.42. The van der Waals surface area contributed by atoms with Crippen molar-refractivity contribution in [1.82, 2.24) is 0 Å². The van der Waals surface area contributed by atoms with Crippen molar-refractivity contribution in [3.05, 3.63) is 154 Å². The van der Waals surface area contributed by atoms with E-state index in [0.29, 0.717) is 0 Å². The molecule has 3 aromatic rings. The van der Waals surface area contributed by atoms with Gasteiger partial charge in [0.2, 0.25) is 0 Å². The minimum Gasteiger partial charge on any atom is -0.465 e. The summed E-state index contributed by atoms with van der Waals surface area (Å²) < 4.78 is 6.42. The third-order valence-corrected chi connectivity index (χ3v) is 7.26. The average Bonchev–Trinajstić information content (AvgIpc) is 3.40. The lowest BCUT2D eigenvalue weighted by atomic mass is 9.65. The van der Waals surface area contributed by atoms with Gasteiger partial charge in [-0.15, -0.1) is 0 Å². The fraction of sp³-hybridized carbons (Fsp3) is 0.250. The Labute approximate surface area is 227 Å². The van der Waals surface area contributed by atoms with Crippen LogP contribution in [0.1, 0.15) is 58.2 Å².